The van der Waals surface area contributed by atoms with Crippen LogP contribution in [0.1, 0.15) is 12.0 Å². The van der Waals surface area contributed by atoms with Crippen LogP contribution >= 0.6 is 12.2 Å². The molecule has 0 unspecified atom stereocenters. The number of benzene rings is 3. The Kier molecular flexibility index (Phi) is 6.52. The molecule has 4 nitrogen and oxygen atoms in total. The van der Waals surface area contributed by atoms with E-state index in [0.29, 0.717) is 5.11 Å². The molecule has 4 rings (SSSR count). The van der Waals surface area contributed by atoms with Gasteiger partial charge in [0, 0.05) is 12.2 Å². The zero-order valence-electron chi connectivity index (χ0n) is 16.6. The van der Waals surface area contributed by atoms with Gasteiger partial charge in [0.25, 0.3) is 0 Å². The van der Waals surface area contributed by atoms with Crippen LogP contribution < -0.4 is 16.0 Å². The van der Waals surface area contributed by atoms with Crippen LogP contribution in [0.2, 0.25) is 0 Å². The number of thiocarbonyl (C=S) groups is 1. The van der Waals surface area contributed by atoms with Crippen LogP contribution in [-0.4, -0.2) is 16.6 Å². The fourth-order valence-electron chi connectivity index (χ4n) is 3.27. The molecule has 0 spiro atoms. The minimum atomic E-state index is 0.611. The zero-order valence-corrected chi connectivity index (χ0v) is 17.5. The third-order valence-corrected chi connectivity index (χ3v) is 5.06. The summed E-state index contributed by atoms with van der Waals surface area (Å²) in [6, 6.07) is 29.0. The molecule has 0 amide bonds. The number of hydrogen-bond donors (Lipinski definition) is 3. The van der Waals surface area contributed by atoms with Crippen molar-refractivity contribution in [2.45, 2.75) is 12.8 Å². The Balaban J connectivity index is 1.25. The first kappa shape index (κ1) is 19.9. The lowest BCUT2D eigenvalue weighted by Gasteiger charge is -2.11. The molecule has 0 radical (unpaired) electrons. The van der Waals surface area contributed by atoms with Gasteiger partial charge in [-0.3, -0.25) is 0 Å². The lowest BCUT2D eigenvalue weighted by atomic mass is 10.1. The molecule has 0 saturated carbocycles. The quantitative estimate of drug-likeness (QED) is 0.261. The third kappa shape index (κ3) is 5.55. The second kappa shape index (κ2) is 9.85. The number of rotatable bonds is 7. The van der Waals surface area contributed by atoms with Crippen molar-refractivity contribution < 1.29 is 0 Å². The summed E-state index contributed by atoms with van der Waals surface area (Å²) in [6.07, 6.45) is 3.84. The highest BCUT2D eigenvalue weighted by Gasteiger charge is 2.01. The fraction of sp³-hybridized carbons (Fsp3) is 0.120. The molecule has 0 saturated heterocycles. The van der Waals surface area contributed by atoms with Crippen molar-refractivity contribution in [2.75, 3.05) is 17.2 Å². The van der Waals surface area contributed by atoms with E-state index in [1.165, 1.54) is 16.3 Å². The maximum atomic E-state index is 5.38. The highest BCUT2D eigenvalue weighted by Crippen LogP contribution is 2.22. The molecule has 1 heterocycles. The zero-order chi connectivity index (χ0) is 20.6. The van der Waals surface area contributed by atoms with Crippen LogP contribution in [0.5, 0.6) is 0 Å². The highest BCUT2D eigenvalue weighted by molar-refractivity contribution is 7.80. The molecule has 30 heavy (non-hydrogen) atoms. The van der Waals surface area contributed by atoms with Crippen LogP contribution in [0, 0.1) is 0 Å². The Morgan fingerprint density at radius 3 is 2.37 bits per heavy atom. The van der Waals surface area contributed by atoms with E-state index in [1.54, 1.807) is 6.20 Å². The number of hydrogen-bond acceptors (Lipinski definition) is 3. The Morgan fingerprint density at radius 1 is 0.800 bits per heavy atom. The summed E-state index contributed by atoms with van der Waals surface area (Å²) in [5.74, 6) is 0.789. The molecule has 4 aromatic rings. The monoisotopic (exact) mass is 412 g/mol. The topological polar surface area (TPSA) is 49.0 Å². The number of aromatic nitrogens is 1. The van der Waals surface area contributed by atoms with Gasteiger partial charge < -0.3 is 16.0 Å². The number of pyridine rings is 1. The summed E-state index contributed by atoms with van der Waals surface area (Å²) in [6.45, 7) is 0.829. The maximum Gasteiger partial charge on any atom is 0.170 e. The molecule has 3 N–H and O–H groups in total. The largest absolute Gasteiger partial charge is 0.362 e. The van der Waals surface area contributed by atoms with Crippen molar-refractivity contribution in [3.8, 4) is 0 Å². The van der Waals surface area contributed by atoms with Gasteiger partial charge in [0.2, 0.25) is 0 Å². The van der Waals surface area contributed by atoms with Crippen molar-refractivity contribution in [1.82, 2.24) is 10.3 Å². The van der Waals surface area contributed by atoms with Crippen LogP contribution in [0.3, 0.4) is 0 Å². The molecule has 5 heteroatoms. The van der Waals surface area contributed by atoms with Gasteiger partial charge in [-0.2, -0.15) is 0 Å². The molecule has 150 valence electrons. The number of nitrogens with one attached hydrogen (secondary N) is 3. The van der Waals surface area contributed by atoms with Crippen molar-refractivity contribution in [1.29, 1.82) is 0 Å². The second-order valence-electron chi connectivity index (χ2n) is 7.09. The van der Waals surface area contributed by atoms with Gasteiger partial charge in [-0.25, -0.2) is 4.98 Å². The first-order valence-electron chi connectivity index (χ1n) is 10.1. The second-order valence-corrected chi connectivity index (χ2v) is 7.50. The summed E-state index contributed by atoms with van der Waals surface area (Å²) in [5.41, 5.74) is 3.22. The molecule has 0 aliphatic carbocycles. The van der Waals surface area contributed by atoms with Gasteiger partial charge in [-0.1, -0.05) is 60.7 Å². The van der Waals surface area contributed by atoms with Gasteiger partial charge >= 0.3 is 0 Å². The average molecular weight is 413 g/mol. The predicted octanol–water partition coefficient (Wildman–Crippen LogP) is 5.90. The van der Waals surface area contributed by atoms with Gasteiger partial charge in [-0.15, -0.1) is 0 Å². The molecule has 0 aliphatic rings. The standard InChI is InChI=1S/C25H24N4S/c30-25(26-16-6-9-19-7-2-1-3-8-19)29-23-14-15-24(27-18-23)28-22-13-12-20-10-4-5-11-21(20)17-22/h1-5,7-8,10-15,17-18H,6,9,16H2,(H,27,28)(H2,26,29,30). The lowest BCUT2D eigenvalue weighted by molar-refractivity contribution is 0.777. The van der Waals surface area contributed by atoms with E-state index < -0.39 is 0 Å². The highest BCUT2D eigenvalue weighted by atomic mass is 32.1. The van der Waals surface area contributed by atoms with E-state index >= 15 is 0 Å². The van der Waals surface area contributed by atoms with E-state index in [0.717, 1.165) is 36.6 Å². The number of anilines is 3. The maximum absolute atomic E-state index is 5.38. The number of aryl methyl sites for hydroxylation is 1. The van der Waals surface area contributed by atoms with Crippen molar-refractivity contribution in [2.24, 2.45) is 0 Å². The van der Waals surface area contributed by atoms with Gasteiger partial charge in [0.15, 0.2) is 5.11 Å². The minimum absolute atomic E-state index is 0.611. The Labute approximate surface area is 182 Å². The van der Waals surface area contributed by atoms with E-state index in [-0.39, 0.29) is 0 Å². The van der Waals surface area contributed by atoms with Crippen LogP contribution in [0.25, 0.3) is 10.8 Å². The normalized spacial score (nSPS) is 10.5. The molecule has 0 aliphatic heterocycles. The summed E-state index contributed by atoms with van der Waals surface area (Å²) in [5, 5.41) is 12.8. The first-order valence-corrected chi connectivity index (χ1v) is 10.5. The summed E-state index contributed by atoms with van der Waals surface area (Å²) >= 11 is 5.38. The SMILES string of the molecule is S=C(NCCCc1ccccc1)Nc1ccc(Nc2ccc3ccccc3c2)nc1. The van der Waals surface area contributed by atoms with E-state index in [1.807, 2.05) is 30.3 Å². The van der Waals surface area contributed by atoms with E-state index in [2.05, 4.69) is 75.5 Å². The molecule has 0 atom stereocenters. The Bertz CT molecular complexity index is 1110. The smallest absolute Gasteiger partial charge is 0.170 e. The van der Waals surface area contributed by atoms with Gasteiger partial charge in [0.05, 0.1) is 11.9 Å². The summed E-state index contributed by atoms with van der Waals surface area (Å²) < 4.78 is 0. The molecular weight excluding hydrogens is 388 g/mol. The van der Waals surface area contributed by atoms with Gasteiger partial charge in [0.1, 0.15) is 5.82 Å². The molecule has 0 bridgehead atoms. The molecule has 0 fully saturated rings. The lowest BCUT2D eigenvalue weighted by Crippen LogP contribution is -2.29. The minimum Gasteiger partial charge on any atom is -0.362 e. The van der Waals surface area contributed by atoms with Gasteiger partial charge in [-0.05, 0) is 65.7 Å². The van der Waals surface area contributed by atoms with Crippen LogP contribution in [0.4, 0.5) is 17.2 Å². The number of fused-ring (bicyclic) bond motifs is 1. The molecule has 1 aromatic heterocycles. The summed E-state index contributed by atoms with van der Waals surface area (Å²) in [7, 11) is 0. The van der Waals surface area contributed by atoms with Crippen molar-refractivity contribution in [3.05, 3.63) is 96.7 Å². The third-order valence-electron chi connectivity index (χ3n) is 4.81. The van der Waals surface area contributed by atoms with Crippen molar-refractivity contribution in [3.63, 3.8) is 0 Å². The van der Waals surface area contributed by atoms with Crippen LogP contribution in [0.15, 0.2) is 91.1 Å². The molecule has 3 aromatic carbocycles. The Hall–Kier alpha value is -3.44. The number of nitrogens with zero attached hydrogens (tertiary/aromatic N) is 1. The first-order chi connectivity index (χ1) is 14.8. The fourth-order valence-corrected chi connectivity index (χ4v) is 3.49. The Morgan fingerprint density at radius 2 is 1.57 bits per heavy atom. The average Bonchev–Trinajstić information content (AvgIpc) is 2.79. The predicted molar refractivity (Wildman–Crippen MR) is 130 cm³/mol. The van der Waals surface area contributed by atoms with Crippen molar-refractivity contribution >= 4 is 45.3 Å². The summed E-state index contributed by atoms with van der Waals surface area (Å²) in [4.78, 5) is 4.48. The van der Waals surface area contributed by atoms with E-state index in [4.69, 9.17) is 12.2 Å². The van der Waals surface area contributed by atoms with E-state index in [9.17, 15) is 0 Å². The molecular formula is C25H24N4S. The van der Waals surface area contributed by atoms with Crippen LogP contribution in [-0.2, 0) is 6.42 Å².